The number of nitrogens with one attached hydrogen (secondary N) is 1. The normalized spacial score (nSPS) is 18.9. The largest absolute Gasteiger partial charge is 0.502 e. The van der Waals surface area contributed by atoms with Gasteiger partial charge in [-0.05, 0) is 19.9 Å². The molecule has 0 bridgehead atoms. The van der Waals surface area contributed by atoms with Gasteiger partial charge >= 0.3 is 0 Å². The number of hydrogen-bond donors (Lipinski definition) is 2. The smallest absolute Gasteiger partial charge is 0.259 e. The van der Waals surface area contributed by atoms with E-state index in [-0.39, 0.29) is 23.1 Å². The molecule has 2 heterocycles. The summed E-state index contributed by atoms with van der Waals surface area (Å²) in [6.07, 6.45) is 3.12. The first-order valence-electron chi connectivity index (χ1n) is 4.89. The summed E-state index contributed by atoms with van der Waals surface area (Å²) in [5.74, 6) is -0.671. The number of carbonyl (C=O) groups excluding carboxylic acids is 1. The highest BCUT2D eigenvalue weighted by Crippen LogP contribution is 2.27. The third-order valence-corrected chi connectivity index (χ3v) is 2.43. The van der Waals surface area contributed by atoms with Crippen LogP contribution in [0.4, 0.5) is 0 Å². The van der Waals surface area contributed by atoms with Crippen LogP contribution in [0.15, 0.2) is 15.3 Å². The SMILES string of the molecule is C/C=C/c1oc2c(c(=O)c1O)C(=O)NC2C. The molecule has 0 fully saturated rings. The molecule has 1 amide bonds. The standard InChI is InChI=1S/C11H11NO4/c1-3-4-6-8(13)9(14)7-10(16-6)5(2)12-11(7)15/h3-5,13H,1-2H3,(H,12,15)/b4-3+. The molecule has 0 spiro atoms. The van der Waals surface area contributed by atoms with E-state index < -0.39 is 17.1 Å². The molecule has 0 radical (unpaired) electrons. The molecule has 5 nitrogen and oxygen atoms in total. The van der Waals surface area contributed by atoms with Crippen LogP contribution >= 0.6 is 0 Å². The first-order chi connectivity index (χ1) is 7.56. The van der Waals surface area contributed by atoms with Gasteiger partial charge in [-0.2, -0.15) is 0 Å². The van der Waals surface area contributed by atoms with Crippen molar-refractivity contribution in [2.45, 2.75) is 19.9 Å². The van der Waals surface area contributed by atoms with Crippen LogP contribution in [0.5, 0.6) is 5.75 Å². The number of rotatable bonds is 1. The van der Waals surface area contributed by atoms with Crippen molar-refractivity contribution in [3.8, 4) is 5.75 Å². The average Bonchev–Trinajstić information content (AvgIpc) is 2.50. The molecule has 1 aromatic rings. The zero-order chi connectivity index (χ0) is 11.9. The molecular formula is C11H11NO4. The number of aromatic hydroxyl groups is 1. The summed E-state index contributed by atoms with van der Waals surface area (Å²) in [5.41, 5.74) is -0.783. The molecule has 0 aromatic carbocycles. The summed E-state index contributed by atoms with van der Waals surface area (Å²) >= 11 is 0. The maximum Gasteiger partial charge on any atom is 0.259 e. The fourth-order valence-electron chi connectivity index (χ4n) is 1.68. The Bertz CT molecular complexity index is 542. The van der Waals surface area contributed by atoms with E-state index in [2.05, 4.69) is 5.32 Å². The van der Waals surface area contributed by atoms with Crippen molar-refractivity contribution in [1.82, 2.24) is 5.32 Å². The lowest BCUT2D eigenvalue weighted by Crippen LogP contribution is -2.20. The molecule has 1 aliphatic heterocycles. The van der Waals surface area contributed by atoms with E-state index in [0.29, 0.717) is 0 Å². The lowest BCUT2D eigenvalue weighted by Gasteiger charge is -2.04. The van der Waals surface area contributed by atoms with Gasteiger partial charge in [0.05, 0.1) is 6.04 Å². The van der Waals surface area contributed by atoms with Crippen LogP contribution in [0.1, 0.15) is 41.8 Å². The lowest BCUT2D eigenvalue weighted by atomic mass is 10.1. The van der Waals surface area contributed by atoms with Crippen LogP contribution in [0.2, 0.25) is 0 Å². The monoisotopic (exact) mass is 221 g/mol. The van der Waals surface area contributed by atoms with Crippen LogP contribution in [-0.4, -0.2) is 11.0 Å². The average molecular weight is 221 g/mol. The Labute approximate surface area is 91.4 Å². The fraction of sp³-hybridized carbons (Fsp3) is 0.273. The summed E-state index contributed by atoms with van der Waals surface area (Å²) in [5, 5.41) is 12.1. The molecule has 0 saturated carbocycles. The van der Waals surface area contributed by atoms with Crippen LogP contribution in [0.25, 0.3) is 6.08 Å². The summed E-state index contributed by atoms with van der Waals surface area (Å²) < 4.78 is 5.33. The van der Waals surface area contributed by atoms with Gasteiger partial charge < -0.3 is 14.8 Å². The molecule has 2 rings (SSSR count). The van der Waals surface area contributed by atoms with Gasteiger partial charge in [-0.25, -0.2) is 0 Å². The third kappa shape index (κ3) is 1.32. The highest BCUT2D eigenvalue weighted by atomic mass is 16.4. The highest BCUT2D eigenvalue weighted by Gasteiger charge is 2.33. The maximum absolute atomic E-state index is 11.7. The van der Waals surface area contributed by atoms with Gasteiger partial charge in [0.2, 0.25) is 11.2 Å². The molecule has 0 aliphatic carbocycles. The van der Waals surface area contributed by atoms with Crippen molar-refractivity contribution >= 4 is 12.0 Å². The molecule has 0 saturated heterocycles. The predicted octanol–water partition coefficient (Wildman–Crippen LogP) is 1.18. The minimum atomic E-state index is -0.684. The second-order valence-electron chi connectivity index (χ2n) is 3.58. The number of fused-ring (bicyclic) bond motifs is 1. The lowest BCUT2D eigenvalue weighted by molar-refractivity contribution is 0.0957. The maximum atomic E-state index is 11.7. The Morgan fingerprint density at radius 3 is 2.75 bits per heavy atom. The van der Waals surface area contributed by atoms with Gasteiger partial charge in [-0.3, -0.25) is 9.59 Å². The van der Waals surface area contributed by atoms with E-state index in [1.54, 1.807) is 19.9 Å². The van der Waals surface area contributed by atoms with Crippen LogP contribution in [-0.2, 0) is 0 Å². The first kappa shape index (κ1) is 10.5. The molecular weight excluding hydrogens is 210 g/mol. The molecule has 1 aliphatic rings. The van der Waals surface area contributed by atoms with Gasteiger partial charge in [-0.15, -0.1) is 0 Å². The Morgan fingerprint density at radius 2 is 2.12 bits per heavy atom. The second kappa shape index (κ2) is 3.52. The van der Waals surface area contributed by atoms with Gasteiger partial charge in [0, 0.05) is 0 Å². The number of amides is 1. The van der Waals surface area contributed by atoms with Crippen LogP contribution in [0.3, 0.4) is 0 Å². The second-order valence-corrected chi connectivity index (χ2v) is 3.58. The molecule has 1 atom stereocenters. The number of carbonyl (C=O) groups is 1. The summed E-state index contributed by atoms with van der Waals surface area (Å²) in [4.78, 5) is 23.1. The fourth-order valence-corrected chi connectivity index (χ4v) is 1.68. The molecule has 5 heteroatoms. The molecule has 16 heavy (non-hydrogen) atoms. The predicted molar refractivity (Wildman–Crippen MR) is 57.2 cm³/mol. The topological polar surface area (TPSA) is 79.5 Å². The van der Waals surface area contributed by atoms with Gasteiger partial charge in [0.15, 0.2) is 5.76 Å². The minimum absolute atomic E-state index is 0.0783. The molecule has 84 valence electrons. The van der Waals surface area contributed by atoms with E-state index in [1.807, 2.05) is 0 Å². The highest BCUT2D eigenvalue weighted by molar-refractivity contribution is 5.98. The van der Waals surface area contributed by atoms with E-state index in [4.69, 9.17) is 4.42 Å². The van der Waals surface area contributed by atoms with Crippen molar-refractivity contribution in [1.29, 1.82) is 0 Å². The third-order valence-electron chi connectivity index (χ3n) is 2.43. The Kier molecular flexibility index (Phi) is 2.30. The molecule has 1 aromatic heterocycles. The van der Waals surface area contributed by atoms with Gasteiger partial charge in [-0.1, -0.05) is 6.08 Å². The van der Waals surface area contributed by atoms with Crippen LogP contribution in [0, 0.1) is 0 Å². The summed E-state index contributed by atoms with van der Waals surface area (Å²) in [6, 6.07) is -0.347. The van der Waals surface area contributed by atoms with Crippen molar-refractivity contribution in [2.24, 2.45) is 0 Å². The number of allylic oxidation sites excluding steroid dienone is 1. The van der Waals surface area contributed by atoms with Crippen LogP contribution < -0.4 is 10.7 Å². The minimum Gasteiger partial charge on any atom is -0.502 e. The van der Waals surface area contributed by atoms with E-state index in [1.165, 1.54) is 6.08 Å². The van der Waals surface area contributed by atoms with E-state index >= 15 is 0 Å². The van der Waals surface area contributed by atoms with E-state index in [0.717, 1.165) is 0 Å². The quantitative estimate of drug-likeness (QED) is 0.746. The summed E-state index contributed by atoms with van der Waals surface area (Å²) in [7, 11) is 0. The molecule has 2 N–H and O–H groups in total. The Balaban J connectivity index is 2.76. The summed E-state index contributed by atoms with van der Waals surface area (Å²) in [6.45, 7) is 3.45. The number of hydrogen-bond acceptors (Lipinski definition) is 4. The van der Waals surface area contributed by atoms with Crippen molar-refractivity contribution < 1.29 is 14.3 Å². The van der Waals surface area contributed by atoms with E-state index in [9.17, 15) is 14.7 Å². The first-order valence-corrected chi connectivity index (χ1v) is 4.89. The van der Waals surface area contributed by atoms with Crippen molar-refractivity contribution in [3.63, 3.8) is 0 Å². The Hall–Kier alpha value is -2.04. The zero-order valence-corrected chi connectivity index (χ0v) is 8.90. The van der Waals surface area contributed by atoms with Gasteiger partial charge in [0.1, 0.15) is 11.3 Å². The van der Waals surface area contributed by atoms with Crippen molar-refractivity contribution in [3.05, 3.63) is 33.4 Å². The van der Waals surface area contributed by atoms with Crippen molar-refractivity contribution in [2.75, 3.05) is 0 Å². The Morgan fingerprint density at radius 1 is 1.44 bits per heavy atom. The van der Waals surface area contributed by atoms with Gasteiger partial charge in [0.25, 0.3) is 5.91 Å². The molecule has 1 unspecified atom stereocenters. The zero-order valence-electron chi connectivity index (χ0n) is 8.90.